The number of methoxy groups -OCH3 is 2. The molecule has 0 fully saturated rings. The zero-order valence-corrected chi connectivity index (χ0v) is 15.9. The summed E-state index contributed by atoms with van der Waals surface area (Å²) in [6.07, 6.45) is 1.85. The van der Waals surface area contributed by atoms with Crippen molar-refractivity contribution in [3.8, 4) is 11.5 Å². The lowest BCUT2D eigenvalue weighted by Gasteiger charge is -2.28. The molecule has 3 aromatic rings. The summed E-state index contributed by atoms with van der Waals surface area (Å²) < 4.78 is 10.9. The summed E-state index contributed by atoms with van der Waals surface area (Å²) in [5.74, 6) is 1.40. The molecule has 2 heterocycles. The van der Waals surface area contributed by atoms with Gasteiger partial charge in [0, 0.05) is 17.6 Å². The van der Waals surface area contributed by atoms with Gasteiger partial charge in [-0.15, -0.1) is 0 Å². The Hall–Kier alpha value is -2.79. The molecular formula is C22H24N2O3. The molecular weight excluding hydrogens is 340 g/mol. The van der Waals surface area contributed by atoms with E-state index >= 15 is 0 Å². The molecule has 2 N–H and O–H groups in total. The van der Waals surface area contributed by atoms with Gasteiger partial charge in [0.25, 0.3) is 5.56 Å². The molecule has 2 aromatic carbocycles. The number of ether oxygens (including phenoxy) is 2. The van der Waals surface area contributed by atoms with Crippen LogP contribution >= 0.6 is 0 Å². The second kappa shape index (κ2) is 7.08. The zero-order valence-electron chi connectivity index (χ0n) is 15.9. The molecule has 0 bridgehead atoms. The summed E-state index contributed by atoms with van der Waals surface area (Å²) in [5.41, 5.74) is 5.03. The molecule has 1 aliphatic rings. The first-order valence-electron chi connectivity index (χ1n) is 9.28. The largest absolute Gasteiger partial charge is 0.493 e. The molecule has 0 spiro atoms. The summed E-state index contributed by atoms with van der Waals surface area (Å²) in [6.45, 7) is 2.94. The molecule has 0 saturated heterocycles. The molecule has 27 heavy (non-hydrogen) atoms. The van der Waals surface area contributed by atoms with Crippen molar-refractivity contribution in [2.45, 2.75) is 25.8 Å². The summed E-state index contributed by atoms with van der Waals surface area (Å²) in [7, 11) is 3.27. The molecule has 1 unspecified atom stereocenters. The Morgan fingerprint density at radius 3 is 2.56 bits per heavy atom. The standard InChI is InChI=1S/C22H24N2O3/c1-4-13-5-6-18-15(9-13)10-17(22(25)24-18)21-16-12-20(27-3)19(26-2)11-14(16)7-8-23-21/h5-6,9-12,21,23H,4,7-8H2,1-3H3,(H,24,25). The van der Waals surface area contributed by atoms with Crippen LogP contribution in [0.1, 0.15) is 35.2 Å². The maximum Gasteiger partial charge on any atom is 0.253 e. The summed E-state index contributed by atoms with van der Waals surface area (Å²) in [6, 6.07) is 12.0. The van der Waals surface area contributed by atoms with Crippen LogP contribution in [-0.4, -0.2) is 25.7 Å². The van der Waals surface area contributed by atoms with Crippen molar-refractivity contribution in [1.29, 1.82) is 0 Å². The lowest BCUT2D eigenvalue weighted by Crippen LogP contribution is -2.34. The molecule has 0 saturated carbocycles. The minimum atomic E-state index is -0.174. The highest BCUT2D eigenvalue weighted by atomic mass is 16.5. The Kier molecular flexibility index (Phi) is 4.62. The highest BCUT2D eigenvalue weighted by Gasteiger charge is 2.26. The zero-order chi connectivity index (χ0) is 19.0. The van der Waals surface area contributed by atoms with Gasteiger partial charge in [0.1, 0.15) is 0 Å². The Morgan fingerprint density at radius 1 is 1.04 bits per heavy atom. The number of pyridine rings is 1. The third-order valence-electron chi connectivity index (χ3n) is 5.36. The number of benzene rings is 2. The van der Waals surface area contributed by atoms with E-state index in [1.165, 1.54) is 11.1 Å². The van der Waals surface area contributed by atoms with Gasteiger partial charge in [-0.25, -0.2) is 0 Å². The van der Waals surface area contributed by atoms with Crippen LogP contribution in [0.25, 0.3) is 10.9 Å². The summed E-state index contributed by atoms with van der Waals surface area (Å²) in [4.78, 5) is 15.9. The van der Waals surface area contributed by atoms with E-state index in [0.29, 0.717) is 5.75 Å². The van der Waals surface area contributed by atoms with Crippen LogP contribution in [0, 0.1) is 0 Å². The minimum Gasteiger partial charge on any atom is -0.493 e. The van der Waals surface area contributed by atoms with E-state index in [4.69, 9.17) is 9.47 Å². The third kappa shape index (κ3) is 3.08. The van der Waals surface area contributed by atoms with Crippen molar-refractivity contribution in [3.05, 3.63) is 69.0 Å². The fourth-order valence-electron chi connectivity index (χ4n) is 3.87. The normalized spacial score (nSPS) is 16.2. The average molecular weight is 364 g/mol. The van der Waals surface area contributed by atoms with Crippen molar-refractivity contribution < 1.29 is 9.47 Å². The van der Waals surface area contributed by atoms with Crippen molar-refractivity contribution >= 4 is 10.9 Å². The molecule has 0 aliphatic carbocycles. The smallest absolute Gasteiger partial charge is 0.253 e. The topological polar surface area (TPSA) is 63.4 Å². The number of H-pyrrole nitrogens is 1. The number of hydrogen-bond acceptors (Lipinski definition) is 4. The van der Waals surface area contributed by atoms with Crippen molar-refractivity contribution in [3.63, 3.8) is 0 Å². The first-order valence-corrected chi connectivity index (χ1v) is 9.28. The quantitative estimate of drug-likeness (QED) is 0.745. The van der Waals surface area contributed by atoms with Crippen molar-refractivity contribution in [2.24, 2.45) is 0 Å². The van der Waals surface area contributed by atoms with E-state index < -0.39 is 0 Å². The molecule has 1 aromatic heterocycles. The van der Waals surface area contributed by atoms with E-state index in [0.717, 1.165) is 47.2 Å². The maximum absolute atomic E-state index is 12.8. The van der Waals surface area contributed by atoms with Crippen LogP contribution in [0.4, 0.5) is 0 Å². The number of hydrogen-bond donors (Lipinski definition) is 2. The van der Waals surface area contributed by atoms with E-state index in [2.05, 4.69) is 29.4 Å². The van der Waals surface area contributed by atoms with E-state index in [9.17, 15) is 4.79 Å². The van der Waals surface area contributed by atoms with E-state index in [-0.39, 0.29) is 11.6 Å². The molecule has 0 amide bonds. The van der Waals surface area contributed by atoms with Crippen LogP contribution < -0.4 is 20.3 Å². The molecule has 140 valence electrons. The second-order valence-electron chi connectivity index (χ2n) is 6.87. The van der Waals surface area contributed by atoms with Crippen LogP contribution in [0.2, 0.25) is 0 Å². The van der Waals surface area contributed by atoms with Gasteiger partial charge < -0.3 is 19.8 Å². The fourth-order valence-corrected chi connectivity index (χ4v) is 3.87. The molecule has 1 aliphatic heterocycles. The Bertz CT molecular complexity index is 1060. The number of nitrogens with one attached hydrogen (secondary N) is 2. The first kappa shape index (κ1) is 17.6. The second-order valence-corrected chi connectivity index (χ2v) is 6.87. The highest BCUT2D eigenvalue weighted by Crippen LogP contribution is 2.37. The maximum atomic E-state index is 12.8. The summed E-state index contributed by atoms with van der Waals surface area (Å²) in [5, 5.41) is 4.55. The van der Waals surface area contributed by atoms with Crippen molar-refractivity contribution in [1.82, 2.24) is 10.3 Å². The third-order valence-corrected chi connectivity index (χ3v) is 5.36. The first-order chi connectivity index (χ1) is 13.1. The SMILES string of the molecule is CCc1ccc2[nH]c(=O)c(C3NCCc4cc(OC)c(OC)cc43)cc2c1. The number of fused-ring (bicyclic) bond motifs is 2. The molecule has 4 rings (SSSR count). The lowest BCUT2D eigenvalue weighted by molar-refractivity contribution is 0.353. The van der Waals surface area contributed by atoms with Gasteiger partial charge in [0.2, 0.25) is 0 Å². The van der Waals surface area contributed by atoms with Gasteiger partial charge in [-0.05, 0) is 65.3 Å². The monoisotopic (exact) mass is 364 g/mol. The van der Waals surface area contributed by atoms with E-state index in [1.54, 1.807) is 14.2 Å². The van der Waals surface area contributed by atoms with Crippen LogP contribution in [0.3, 0.4) is 0 Å². The molecule has 5 nitrogen and oxygen atoms in total. The number of rotatable bonds is 4. The van der Waals surface area contributed by atoms with Crippen LogP contribution in [0.15, 0.2) is 41.2 Å². The van der Waals surface area contributed by atoms with Crippen molar-refractivity contribution in [2.75, 3.05) is 20.8 Å². The Morgan fingerprint density at radius 2 is 1.81 bits per heavy atom. The Balaban J connectivity index is 1.87. The van der Waals surface area contributed by atoms with Gasteiger partial charge in [-0.1, -0.05) is 13.0 Å². The van der Waals surface area contributed by atoms with Gasteiger partial charge in [0.15, 0.2) is 11.5 Å². The predicted molar refractivity (Wildman–Crippen MR) is 107 cm³/mol. The summed E-state index contributed by atoms with van der Waals surface area (Å²) >= 11 is 0. The van der Waals surface area contributed by atoms with Crippen LogP contribution in [-0.2, 0) is 12.8 Å². The molecule has 1 atom stereocenters. The Labute approximate surface area is 158 Å². The lowest BCUT2D eigenvalue weighted by atomic mass is 9.89. The molecule has 5 heteroatoms. The average Bonchev–Trinajstić information content (AvgIpc) is 2.71. The highest BCUT2D eigenvalue weighted by molar-refractivity contribution is 5.80. The van der Waals surface area contributed by atoms with Gasteiger partial charge in [0.05, 0.1) is 20.3 Å². The van der Waals surface area contributed by atoms with Gasteiger partial charge >= 0.3 is 0 Å². The van der Waals surface area contributed by atoms with Gasteiger partial charge in [-0.2, -0.15) is 0 Å². The van der Waals surface area contributed by atoms with E-state index in [1.807, 2.05) is 24.3 Å². The molecule has 0 radical (unpaired) electrons. The number of aromatic nitrogens is 1. The fraction of sp³-hybridized carbons (Fsp3) is 0.318. The van der Waals surface area contributed by atoms with Crippen LogP contribution in [0.5, 0.6) is 11.5 Å². The number of aryl methyl sites for hydroxylation is 1. The minimum absolute atomic E-state index is 0.0631. The predicted octanol–water partition coefficient (Wildman–Crippen LogP) is 3.34. The van der Waals surface area contributed by atoms with Gasteiger partial charge in [-0.3, -0.25) is 4.79 Å². The number of aromatic amines is 1.